The number of urea groups is 1. The zero-order valence-corrected chi connectivity index (χ0v) is 15.9. The van der Waals surface area contributed by atoms with Crippen LogP contribution in [-0.4, -0.2) is 47.6 Å². The van der Waals surface area contributed by atoms with Crippen LogP contribution >= 0.6 is 0 Å². The Kier molecular flexibility index (Phi) is 6.50. The first-order chi connectivity index (χ1) is 13.0. The summed E-state index contributed by atoms with van der Waals surface area (Å²) in [6, 6.07) is 6.96. The van der Waals surface area contributed by atoms with Crippen molar-refractivity contribution in [3.05, 3.63) is 35.9 Å². The molecule has 2 atom stereocenters. The molecular formula is C21H29N3O3. The van der Waals surface area contributed by atoms with Gasteiger partial charge < -0.3 is 10.4 Å². The third kappa shape index (κ3) is 5.57. The molecular weight excluding hydrogens is 342 g/mol. The number of aromatic hydroxyl groups is 1. The van der Waals surface area contributed by atoms with Gasteiger partial charge in [-0.2, -0.15) is 0 Å². The van der Waals surface area contributed by atoms with Crippen LogP contribution in [0.2, 0.25) is 0 Å². The monoisotopic (exact) mass is 371 g/mol. The fourth-order valence-electron chi connectivity index (χ4n) is 3.90. The molecule has 1 fully saturated rings. The van der Waals surface area contributed by atoms with Crippen LogP contribution in [0.1, 0.15) is 44.6 Å². The molecule has 2 unspecified atom stereocenters. The van der Waals surface area contributed by atoms with Crippen molar-refractivity contribution in [3.63, 3.8) is 0 Å². The quantitative estimate of drug-likeness (QED) is 0.760. The third-order valence-electron chi connectivity index (χ3n) is 5.58. The molecule has 1 heterocycles. The van der Waals surface area contributed by atoms with Crippen molar-refractivity contribution < 1.29 is 14.7 Å². The van der Waals surface area contributed by atoms with Gasteiger partial charge in [-0.15, -0.1) is 0 Å². The molecule has 0 saturated heterocycles. The minimum absolute atomic E-state index is 0.164. The molecule has 3 N–H and O–H groups in total. The molecule has 1 saturated carbocycles. The van der Waals surface area contributed by atoms with Crippen LogP contribution in [0.5, 0.6) is 5.75 Å². The molecule has 3 amide bonds. The summed E-state index contributed by atoms with van der Waals surface area (Å²) < 4.78 is 0. The summed E-state index contributed by atoms with van der Waals surface area (Å²) in [6.45, 7) is 3.80. The molecule has 0 radical (unpaired) electrons. The van der Waals surface area contributed by atoms with Crippen LogP contribution in [0.4, 0.5) is 4.79 Å². The highest BCUT2D eigenvalue weighted by atomic mass is 16.3. The van der Waals surface area contributed by atoms with Crippen molar-refractivity contribution in [1.82, 2.24) is 15.5 Å². The Morgan fingerprint density at radius 1 is 1.19 bits per heavy atom. The first-order valence-corrected chi connectivity index (χ1v) is 9.82. The van der Waals surface area contributed by atoms with Gasteiger partial charge >= 0.3 is 6.03 Å². The number of hydrogen-bond acceptors (Lipinski definition) is 4. The van der Waals surface area contributed by atoms with Crippen molar-refractivity contribution in [2.75, 3.05) is 19.6 Å². The maximum Gasteiger partial charge on any atom is 0.321 e. The third-order valence-corrected chi connectivity index (χ3v) is 5.58. The van der Waals surface area contributed by atoms with E-state index in [1.165, 1.54) is 12.0 Å². The standard InChI is InChI=1S/C21H29N3O3/c1-15-4-2-3-5-19(15)22-21(27)23-20(26)14-24-12-10-17(11-13-24)16-6-8-18(25)9-7-16/h6-10,15,19,25H,2-5,11-14H2,1H3,(H2,22,23,26,27). The van der Waals surface area contributed by atoms with Crippen LogP contribution in [0.3, 0.4) is 0 Å². The predicted octanol–water partition coefficient (Wildman–Crippen LogP) is 2.89. The van der Waals surface area contributed by atoms with E-state index in [1.807, 2.05) is 17.0 Å². The molecule has 2 aliphatic rings. The summed E-state index contributed by atoms with van der Waals surface area (Å²) in [5.41, 5.74) is 2.31. The number of nitrogens with one attached hydrogen (secondary N) is 2. The molecule has 0 aromatic heterocycles. The molecule has 1 aromatic carbocycles. The smallest absolute Gasteiger partial charge is 0.321 e. The van der Waals surface area contributed by atoms with Gasteiger partial charge in [-0.1, -0.05) is 38.0 Å². The van der Waals surface area contributed by atoms with E-state index in [2.05, 4.69) is 23.6 Å². The number of phenols is 1. The maximum absolute atomic E-state index is 12.2. The van der Waals surface area contributed by atoms with E-state index in [9.17, 15) is 14.7 Å². The predicted molar refractivity (Wildman–Crippen MR) is 105 cm³/mol. The van der Waals surface area contributed by atoms with E-state index >= 15 is 0 Å². The molecule has 6 nitrogen and oxygen atoms in total. The Labute approximate surface area is 160 Å². The lowest BCUT2D eigenvalue weighted by Gasteiger charge is -2.29. The van der Waals surface area contributed by atoms with E-state index in [0.29, 0.717) is 12.5 Å². The number of nitrogens with zero attached hydrogens (tertiary/aromatic N) is 1. The maximum atomic E-state index is 12.2. The summed E-state index contributed by atoms with van der Waals surface area (Å²) in [6.07, 6.45) is 7.40. The highest BCUT2D eigenvalue weighted by Crippen LogP contribution is 2.24. The number of imide groups is 1. The Morgan fingerprint density at radius 2 is 1.93 bits per heavy atom. The lowest BCUT2D eigenvalue weighted by atomic mass is 9.86. The summed E-state index contributed by atoms with van der Waals surface area (Å²) in [4.78, 5) is 26.3. The van der Waals surface area contributed by atoms with Gasteiger partial charge in [0.05, 0.1) is 6.54 Å². The molecule has 1 aromatic rings. The van der Waals surface area contributed by atoms with Gasteiger partial charge in [-0.3, -0.25) is 15.0 Å². The Bertz CT molecular complexity index is 699. The lowest BCUT2D eigenvalue weighted by molar-refractivity contribution is -0.121. The van der Waals surface area contributed by atoms with Crippen molar-refractivity contribution in [2.24, 2.45) is 5.92 Å². The highest BCUT2D eigenvalue weighted by Gasteiger charge is 2.24. The molecule has 146 valence electrons. The van der Waals surface area contributed by atoms with E-state index in [1.54, 1.807) is 12.1 Å². The van der Waals surface area contributed by atoms with E-state index in [4.69, 9.17) is 0 Å². The number of hydrogen-bond donors (Lipinski definition) is 3. The van der Waals surface area contributed by atoms with Gasteiger partial charge in [0, 0.05) is 19.1 Å². The SMILES string of the molecule is CC1CCCCC1NC(=O)NC(=O)CN1CC=C(c2ccc(O)cc2)CC1. The molecule has 1 aliphatic carbocycles. The van der Waals surface area contributed by atoms with E-state index in [0.717, 1.165) is 37.8 Å². The number of rotatable bonds is 4. The Morgan fingerprint density at radius 3 is 2.59 bits per heavy atom. The van der Waals surface area contributed by atoms with Crippen LogP contribution < -0.4 is 10.6 Å². The fraction of sp³-hybridized carbons (Fsp3) is 0.524. The van der Waals surface area contributed by atoms with Gasteiger partial charge in [0.1, 0.15) is 5.75 Å². The second-order valence-electron chi connectivity index (χ2n) is 7.65. The van der Waals surface area contributed by atoms with Crippen LogP contribution in [0.25, 0.3) is 5.57 Å². The number of carbonyl (C=O) groups is 2. The van der Waals surface area contributed by atoms with Crippen molar-refractivity contribution >= 4 is 17.5 Å². The number of amides is 3. The van der Waals surface area contributed by atoms with Gasteiger partial charge in [-0.05, 0) is 48.4 Å². The number of carbonyl (C=O) groups excluding carboxylic acids is 2. The number of phenolic OH excluding ortho intramolecular Hbond substituents is 1. The average molecular weight is 371 g/mol. The molecule has 27 heavy (non-hydrogen) atoms. The van der Waals surface area contributed by atoms with E-state index < -0.39 is 0 Å². The molecule has 1 aliphatic heterocycles. The topological polar surface area (TPSA) is 81.7 Å². The summed E-state index contributed by atoms with van der Waals surface area (Å²) in [5, 5.41) is 14.8. The minimum atomic E-state index is -0.379. The second kappa shape index (κ2) is 9.04. The first kappa shape index (κ1) is 19.4. The first-order valence-electron chi connectivity index (χ1n) is 9.82. The zero-order valence-electron chi connectivity index (χ0n) is 15.9. The van der Waals surface area contributed by atoms with Crippen LogP contribution in [0.15, 0.2) is 30.3 Å². The minimum Gasteiger partial charge on any atom is -0.508 e. The van der Waals surface area contributed by atoms with Gasteiger partial charge in [-0.25, -0.2) is 4.79 Å². The molecule has 6 heteroatoms. The fourth-order valence-corrected chi connectivity index (χ4v) is 3.90. The molecule has 3 rings (SSSR count). The summed E-state index contributed by atoms with van der Waals surface area (Å²) in [7, 11) is 0. The lowest BCUT2D eigenvalue weighted by Crippen LogP contribution is -2.50. The van der Waals surface area contributed by atoms with Crippen LogP contribution in [0, 0.1) is 5.92 Å². The van der Waals surface area contributed by atoms with Crippen molar-refractivity contribution in [2.45, 2.75) is 45.1 Å². The normalized spacial score (nSPS) is 23.4. The van der Waals surface area contributed by atoms with Gasteiger partial charge in [0.2, 0.25) is 5.91 Å². The average Bonchev–Trinajstić information content (AvgIpc) is 2.65. The largest absolute Gasteiger partial charge is 0.508 e. The Hall–Kier alpha value is -2.34. The second-order valence-corrected chi connectivity index (χ2v) is 7.65. The van der Waals surface area contributed by atoms with Gasteiger partial charge in [0.25, 0.3) is 0 Å². The van der Waals surface area contributed by atoms with Crippen molar-refractivity contribution in [3.8, 4) is 5.75 Å². The molecule has 0 bridgehead atoms. The zero-order chi connectivity index (χ0) is 19.2. The van der Waals surface area contributed by atoms with Gasteiger partial charge in [0.15, 0.2) is 0 Å². The summed E-state index contributed by atoms with van der Waals surface area (Å²) >= 11 is 0. The van der Waals surface area contributed by atoms with Crippen LogP contribution in [-0.2, 0) is 4.79 Å². The van der Waals surface area contributed by atoms with E-state index in [-0.39, 0.29) is 30.3 Å². The Balaban J connectivity index is 1.43. The summed E-state index contributed by atoms with van der Waals surface area (Å²) in [5.74, 6) is 0.456. The number of benzene rings is 1. The highest BCUT2D eigenvalue weighted by molar-refractivity contribution is 5.95. The molecule has 0 spiro atoms. The van der Waals surface area contributed by atoms with Crippen molar-refractivity contribution in [1.29, 1.82) is 0 Å².